The fourth-order valence-electron chi connectivity index (χ4n) is 2.59. The van der Waals surface area contributed by atoms with Gasteiger partial charge in [-0.2, -0.15) is 15.0 Å². The Balaban J connectivity index is 2.01. The molecule has 1 aromatic carbocycles. The lowest BCUT2D eigenvalue weighted by Crippen LogP contribution is -2.27. The van der Waals surface area contributed by atoms with Gasteiger partial charge in [-0.3, -0.25) is 4.72 Å². The van der Waals surface area contributed by atoms with Gasteiger partial charge in [-0.1, -0.05) is 37.7 Å². The van der Waals surface area contributed by atoms with Crippen molar-refractivity contribution in [2.45, 2.75) is 37.9 Å². The molecule has 0 aliphatic heterocycles. The van der Waals surface area contributed by atoms with Crippen LogP contribution in [-0.2, 0) is 10.0 Å². The third-order valence-electron chi connectivity index (χ3n) is 3.82. The number of aromatic nitrogens is 3. The first-order valence-electron chi connectivity index (χ1n) is 9.77. The van der Waals surface area contributed by atoms with Gasteiger partial charge in [0.2, 0.25) is 21.9 Å². The number of rotatable bonds is 13. The molecule has 0 saturated heterocycles. The molecule has 3 N–H and O–H groups in total. The van der Waals surface area contributed by atoms with Gasteiger partial charge in [0, 0.05) is 5.75 Å². The van der Waals surface area contributed by atoms with Crippen LogP contribution in [0.5, 0.6) is 5.75 Å². The van der Waals surface area contributed by atoms with Gasteiger partial charge in [0.25, 0.3) is 0 Å². The number of thioether (sulfide) groups is 1. The summed E-state index contributed by atoms with van der Waals surface area (Å²) in [7, 11) is -3.57. The Morgan fingerprint density at radius 3 is 2.55 bits per heavy atom. The first-order chi connectivity index (χ1) is 14.7. The van der Waals surface area contributed by atoms with Crippen molar-refractivity contribution in [2.24, 2.45) is 5.92 Å². The number of ether oxygens (including phenoxy) is 1. The molecule has 2 aromatic rings. The Labute approximate surface area is 186 Å². The van der Waals surface area contributed by atoms with Crippen LogP contribution < -0.4 is 14.8 Å². The van der Waals surface area contributed by atoms with E-state index in [1.54, 1.807) is 18.2 Å². The minimum Gasteiger partial charge on any atom is -0.490 e. The maximum atomic E-state index is 13.6. The third-order valence-corrected chi connectivity index (χ3v) is 5.30. The molecule has 2 rings (SSSR count). The number of anilines is 2. The molecule has 0 aliphatic rings. The SMILES string of the molecule is CC(C)C[C@H](CO)Nc1nc(NS(C)(=O)=O)nc(SCCCOc2ccccc2F)n1. The van der Waals surface area contributed by atoms with Crippen LogP contribution in [0.3, 0.4) is 0 Å². The summed E-state index contributed by atoms with van der Waals surface area (Å²) in [5.41, 5.74) is 0. The van der Waals surface area contributed by atoms with Gasteiger partial charge < -0.3 is 15.2 Å². The largest absolute Gasteiger partial charge is 0.490 e. The lowest BCUT2D eigenvalue weighted by atomic mass is 10.0. The van der Waals surface area contributed by atoms with Gasteiger partial charge >= 0.3 is 0 Å². The van der Waals surface area contributed by atoms with E-state index in [4.69, 9.17) is 4.74 Å². The zero-order chi connectivity index (χ0) is 22.9. The minimum absolute atomic E-state index is 0.105. The summed E-state index contributed by atoms with van der Waals surface area (Å²) in [5, 5.41) is 12.9. The number of nitrogens with one attached hydrogen (secondary N) is 2. The van der Waals surface area contributed by atoms with Gasteiger partial charge in [-0.25, -0.2) is 12.8 Å². The molecule has 0 spiro atoms. The van der Waals surface area contributed by atoms with Crippen molar-refractivity contribution in [3.63, 3.8) is 0 Å². The van der Waals surface area contributed by atoms with E-state index >= 15 is 0 Å². The van der Waals surface area contributed by atoms with E-state index in [1.807, 2.05) is 13.8 Å². The van der Waals surface area contributed by atoms with Crippen molar-refractivity contribution in [3.05, 3.63) is 30.1 Å². The highest BCUT2D eigenvalue weighted by molar-refractivity contribution is 7.99. The molecule has 0 bridgehead atoms. The third kappa shape index (κ3) is 9.66. The number of hydrogen-bond acceptors (Lipinski definition) is 9. The molecule has 0 aliphatic carbocycles. The van der Waals surface area contributed by atoms with Crippen LogP contribution in [0.1, 0.15) is 26.7 Å². The Kier molecular flexibility index (Phi) is 9.72. The molecule has 0 saturated carbocycles. The zero-order valence-electron chi connectivity index (χ0n) is 17.7. The fraction of sp³-hybridized carbons (Fsp3) is 0.526. The van der Waals surface area contributed by atoms with E-state index in [0.29, 0.717) is 36.3 Å². The molecule has 1 aromatic heterocycles. The van der Waals surface area contributed by atoms with E-state index < -0.39 is 15.8 Å². The molecule has 12 heteroatoms. The van der Waals surface area contributed by atoms with Crippen LogP contribution in [0.15, 0.2) is 29.4 Å². The van der Waals surface area contributed by atoms with Gasteiger partial charge in [0.1, 0.15) is 0 Å². The number of hydrogen-bond donors (Lipinski definition) is 3. The van der Waals surface area contributed by atoms with Crippen molar-refractivity contribution in [3.8, 4) is 5.75 Å². The van der Waals surface area contributed by atoms with E-state index in [1.165, 1.54) is 17.8 Å². The molecule has 31 heavy (non-hydrogen) atoms. The molecular formula is C19H28FN5O4S2. The lowest BCUT2D eigenvalue weighted by Gasteiger charge is -2.18. The number of aliphatic hydroxyl groups is 1. The van der Waals surface area contributed by atoms with Crippen molar-refractivity contribution in [1.29, 1.82) is 0 Å². The molecule has 1 atom stereocenters. The van der Waals surface area contributed by atoms with Crippen molar-refractivity contribution >= 4 is 33.7 Å². The second-order valence-electron chi connectivity index (χ2n) is 7.27. The highest BCUT2D eigenvalue weighted by Crippen LogP contribution is 2.20. The topological polar surface area (TPSA) is 126 Å². The van der Waals surface area contributed by atoms with Crippen molar-refractivity contribution in [1.82, 2.24) is 15.0 Å². The van der Waals surface area contributed by atoms with Crippen LogP contribution in [0.2, 0.25) is 0 Å². The summed E-state index contributed by atoms with van der Waals surface area (Å²) in [6.45, 7) is 4.24. The van der Waals surface area contributed by atoms with Gasteiger partial charge in [-0.15, -0.1) is 0 Å². The van der Waals surface area contributed by atoms with E-state index in [2.05, 4.69) is 25.0 Å². The van der Waals surface area contributed by atoms with E-state index in [9.17, 15) is 17.9 Å². The highest BCUT2D eigenvalue weighted by atomic mass is 32.2. The maximum absolute atomic E-state index is 13.6. The molecule has 9 nitrogen and oxygen atoms in total. The second-order valence-corrected chi connectivity index (χ2v) is 10.1. The summed E-state index contributed by atoms with van der Waals surface area (Å²) >= 11 is 1.29. The quantitative estimate of drug-likeness (QED) is 0.297. The Morgan fingerprint density at radius 1 is 1.19 bits per heavy atom. The average Bonchev–Trinajstić information content (AvgIpc) is 2.66. The smallest absolute Gasteiger partial charge is 0.242 e. The van der Waals surface area contributed by atoms with Crippen LogP contribution in [0.25, 0.3) is 0 Å². The number of benzene rings is 1. The highest BCUT2D eigenvalue weighted by Gasteiger charge is 2.15. The number of aliphatic hydroxyl groups excluding tert-OH is 1. The van der Waals surface area contributed by atoms with Crippen LogP contribution in [0.4, 0.5) is 16.3 Å². The van der Waals surface area contributed by atoms with Crippen LogP contribution >= 0.6 is 11.8 Å². The Morgan fingerprint density at radius 2 is 1.90 bits per heavy atom. The zero-order valence-corrected chi connectivity index (χ0v) is 19.3. The second kappa shape index (κ2) is 12.0. The average molecular weight is 474 g/mol. The minimum atomic E-state index is -3.57. The molecule has 0 radical (unpaired) electrons. The van der Waals surface area contributed by atoms with E-state index in [0.717, 1.165) is 6.26 Å². The van der Waals surface area contributed by atoms with Crippen LogP contribution in [0, 0.1) is 11.7 Å². The van der Waals surface area contributed by atoms with Crippen LogP contribution in [-0.4, -0.2) is 59.7 Å². The molecule has 0 fully saturated rings. The first kappa shape index (κ1) is 25.1. The molecule has 1 heterocycles. The summed E-state index contributed by atoms with van der Waals surface area (Å²) in [5.74, 6) is 0.741. The monoisotopic (exact) mass is 473 g/mol. The molecular weight excluding hydrogens is 445 g/mol. The predicted molar refractivity (Wildman–Crippen MR) is 119 cm³/mol. The molecule has 0 amide bonds. The first-order valence-corrected chi connectivity index (χ1v) is 12.7. The summed E-state index contributed by atoms with van der Waals surface area (Å²) in [6, 6.07) is 5.90. The lowest BCUT2D eigenvalue weighted by molar-refractivity contribution is 0.259. The van der Waals surface area contributed by atoms with Crippen molar-refractivity contribution < 1.29 is 22.7 Å². The van der Waals surface area contributed by atoms with Gasteiger partial charge in [-0.05, 0) is 30.9 Å². The molecule has 172 valence electrons. The van der Waals surface area contributed by atoms with E-state index in [-0.39, 0.29) is 30.3 Å². The van der Waals surface area contributed by atoms with Gasteiger partial charge in [0.05, 0.1) is 25.5 Å². The fourth-order valence-corrected chi connectivity index (χ4v) is 3.76. The molecule has 0 unspecified atom stereocenters. The Hall–Kier alpha value is -2.18. The number of nitrogens with zero attached hydrogens (tertiary/aromatic N) is 3. The summed E-state index contributed by atoms with van der Waals surface area (Å²) in [6.07, 6.45) is 2.29. The summed E-state index contributed by atoms with van der Waals surface area (Å²) < 4.78 is 44.4. The number of halogens is 1. The number of para-hydroxylation sites is 1. The summed E-state index contributed by atoms with van der Waals surface area (Å²) in [4.78, 5) is 12.5. The predicted octanol–water partition coefficient (Wildman–Crippen LogP) is 2.76. The maximum Gasteiger partial charge on any atom is 0.242 e. The van der Waals surface area contributed by atoms with Crippen molar-refractivity contribution in [2.75, 3.05) is 35.3 Å². The standard InChI is InChI=1S/C19H28FN5O4S2/c1-13(2)11-14(12-26)21-17-22-18(25-31(3,27)28)24-19(23-17)30-10-6-9-29-16-8-5-4-7-15(16)20/h4-5,7-8,13-14,26H,6,9-12H2,1-3H3,(H2,21,22,23,24,25)/t14-/m1/s1. The normalized spacial score (nSPS) is 12.6. The Bertz CT molecular complexity index is 947. The number of sulfonamides is 1. The van der Waals surface area contributed by atoms with Gasteiger partial charge in [0.15, 0.2) is 16.7 Å².